The molecule has 0 unspecified atom stereocenters. The number of fused-ring (bicyclic) bond motifs is 1. The van der Waals surface area contributed by atoms with Gasteiger partial charge in [0.25, 0.3) is 5.91 Å². The normalized spacial score (nSPS) is 14.9. The lowest BCUT2D eigenvalue weighted by molar-refractivity contribution is 0.0659. The summed E-state index contributed by atoms with van der Waals surface area (Å²) in [5, 5.41) is 5.35. The minimum Gasteiger partial charge on any atom is -0.481 e. The Balaban J connectivity index is 1.36. The summed E-state index contributed by atoms with van der Waals surface area (Å²) in [5.74, 6) is 1.88. The quantitative estimate of drug-likeness (QED) is 0.665. The van der Waals surface area contributed by atoms with Gasteiger partial charge in [0.2, 0.25) is 11.8 Å². The maximum absolute atomic E-state index is 13.0. The van der Waals surface area contributed by atoms with E-state index in [1.165, 1.54) is 0 Å². The van der Waals surface area contributed by atoms with E-state index in [4.69, 9.17) is 9.47 Å². The predicted molar refractivity (Wildman–Crippen MR) is 110 cm³/mol. The van der Waals surface area contributed by atoms with Crippen molar-refractivity contribution in [3.8, 4) is 11.8 Å². The minimum atomic E-state index is 0.0523. The summed E-state index contributed by atoms with van der Waals surface area (Å²) in [4.78, 5) is 19.2. The van der Waals surface area contributed by atoms with E-state index in [0.717, 1.165) is 42.4 Å². The second kappa shape index (κ2) is 8.11. The first-order valence-corrected chi connectivity index (χ1v) is 9.91. The number of aryl methyl sites for hydroxylation is 2. The number of hydrogen-bond acceptors (Lipinski definition) is 5. The maximum atomic E-state index is 13.0. The smallest absolute Gasteiger partial charge is 0.253 e. The number of aromatic nitrogens is 3. The number of methoxy groups -OCH3 is 1. The van der Waals surface area contributed by atoms with E-state index >= 15 is 0 Å². The van der Waals surface area contributed by atoms with Gasteiger partial charge in [0, 0.05) is 37.5 Å². The van der Waals surface area contributed by atoms with Crippen molar-refractivity contribution in [1.29, 1.82) is 0 Å². The number of pyridine rings is 1. The third-order valence-electron chi connectivity index (χ3n) is 5.54. The van der Waals surface area contributed by atoms with Gasteiger partial charge in [-0.25, -0.2) is 9.67 Å². The van der Waals surface area contributed by atoms with Crippen LogP contribution in [-0.2, 0) is 7.05 Å². The van der Waals surface area contributed by atoms with Crippen molar-refractivity contribution in [2.45, 2.75) is 19.8 Å². The lowest BCUT2D eigenvalue weighted by Gasteiger charge is -2.32. The van der Waals surface area contributed by atoms with Crippen molar-refractivity contribution >= 4 is 16.8 Å². The minimum absolute atomic E-state index is 0.0523. The van der Waals surface area contributed by atoms with Crippen molar-refractivity contribution in [3.63, 3.8) is 0 Å². The summed E-state index contributed by atoms with van der Waals surface area (Å²) in [7, 11) is 3.46. The summed E-state index contributed by atoms with van der Waals surface area (Å²) in [5.41, 5.74) is 2.47. The van der Waals surface area contributed by atoms with Gasteiger partial charge in [-0.1, -0.05) is 6.07 Å². The predicted octanol–water partition coefficient (Wildman–Crippen LogP) is 3.22. The number of likely N-dealkylation sites (tertiary alicyclic amines) is 1. The molecule has 0 saturated carbocycles. The van der Waals surface area contributed by atoms with Crippen LogP contribution in [-0.4, -0.2) is 52.4 Å². The topological polar surface area (TPSA) is 69.5 Å². The van der Waals surface area contributed by atoms with Crippen molar-refractivity contribution in [2.24, 2.45) is 13.0 Å². The number of nitrogens with zero attached hydrogens (tertiary/aromatic N) is 4. The Kier molecular flexibility index (Phi) is 5.38. The molecule has 1 aliphatic rings. The molecule has 0 bridgehead atoms. The molecule has 7 nitrogen and oxygen atoms in total. The van der Waals surface area contributed by atoms with Crippen LogP contribution in [0.5, 0.6) is 11.8 Å². The molecule has 152 valence electrons. The molecule has 1 aliphatic heterocycles. The summed E-state index contributed by atoms with van der Waals surface area (Å²) in [6, 6.07) is 9.51. The molecule has 7 heteroatoms. The van der Waals surface area contributed by atoms with Crippen LogP contribution in [0, 0.1) is 12.8 Å². The van der Waals surface area contributed by atoms with Crippen LogP contribution in [0.15, 0.2) is 36.5 Å². The van der Waals surface area contributed by atoms with Gasteiger partial charge in [-0.15, -0.1) is 0 Å². The molecule has 0 atom stereocenters. The lowest BCUT2D eigenvalue weighted by Crippen LogP contribution is -2.39. The molecule has 1 fully saturated rings. The Bertz CT molecular complexity index is 1020. The third kappa shape index (κ3) is 3.90. The summed E-state index contributed by atoms with van der Waals surface area (Å²) in [6.45, 7) is 4.10. The maximum Gasteiger partial charge on any atom is 0.253 e. The second-order valence-corrected chi connectivity index (χ2v) is 7.54. The van der Waals surface area contributed by atoms with Crippen molar-refractivity contribution in [1.82, 2.24) is 19.7 Å². The zero-order valence-electron chi connectivity index (χ0n) is 17.1. The number of benzene rings is 1. The first-order chi connectivity index (χ1) is 14.1. The number of amides is 1. The number of piperidine rings is 1. The van der Waals surface area contributed by atoms with Crippen LogP contribution in [0.3, 0.4) is 0 Å². The average Bonchev–Trinajstić information content (AvgIpc) is 3.07. The molecule has 2 aromatic heterocycles. The van der Waals surface area contributed by atoms with Gasteiger partial charge in [-0.2, -0.15) is 5.10 Å². The van der Waals surface area contributed by atoms with E-state index < -0.39 is 0 Å². The van der Waals surface area contributed by atoms with Gasteiger partial charge in [0.05, 0.1) is 24.6 Å². The highest BCUT2D eigenvalue weighted by molar-refractivity contribution is 5.98. The van der Waals surface area contributed by atoms with Gasteiger partial charge in [-0.3, -0.25) is 4.79 Å². The van der Waals surface area contributed by atoms with Crippen LogP contribution in [0.4, 0.5) is 0 Å². The fraction of sp³-hybridized carbons (Fsp3) is 0.409. The van der Waals surface area contributed by atoms with E-state index in [0.29, 0.717) is 29.8 Å². The molecule has 0 N–H and O–H groups in total. The number of ether oxygens (including phenoxy) is 2. The molecule has 29 heavy (non-hydrogen) atoms. The standard InChI is InChI=1S/C22H26N4O3/c1-15-5-4-10-23-20(15)29-14-16-8-11-26(12-9-16)21(27)17-6-7-18-19(13-17)24-25(2)22(18)28-3/h4-7,10,13,16H,8-9,11-12,14H2,1-3H3. The molecule has 0 aliphatic carbocycles. The van der Waals surface area contributed by atoms with Gasteiger partial charge in [0.1, 0.15) is 0 Å². The highest BCUT2D eigenvalue weighted by Gasteiger charge is 2.25. The Morgan fingerprint density at radius 2 is 2.03 bits per heavy atom. The SMILES string of the molecule is COc1c2ccc(C(=O)N3CCC(COc4ncccc4C)CC3)cc2nn1C. The Morgan fingerprint density at radius 3 is 2.76 bits per heavy atom. The number of rotatable bonds is 5. The van der Waals surface area contributed by atoms with E-state index in [-0.39, 0.29) is 5.91 Å². The van der Waals surface area contributed by atoms with Crippen LogP contribution in [0.1, 0.15) is 28.8 Å². The van der Waals surface area contributed by atoms with E-state index in [1.54, 1.807) is 18.0 Å². The summed E-state index contributed by atoms with van der Waals surface area (Å²) < 4.78 is 13.0. The summed E-state index contributed by atoms with van der Waals surface area (Å²) >= 11 is 0. The molecule has 1 amide bonds. The largest absolute Gasteiger partial charge is 0.481 e. The average molecular weight is 394 g/mol. The van der Waals surface area contributed by atoms with Crippen LogP contribution >= 0.6 is 0 Å². The lowest BCUT2D eigenvalue weighted by atomic mass is 9.97. The van der Waals surface area contributed by atoms with Crippen LogP contribution in [0.2, 0.25) is 0 Å². The van der Waals surface area contributed by atoms with Crippen molar-refractivity contribution in [3.05, 3.63) is 47.7 Å². The van der Waals surface area contributed by atoms with Gasteiger partial charge in [0.15, 0.2) is 0 Å². The highest BCUT2D eigenvalue weighted by Crippen LogP contribution is 2.27. The Hall–Kier alpha value is -3.09. The van der Waals surface area contributed by atoms with E-state index in [9.17, 15) is 4.79 Å². The Morgan fingerprint density at radius 1 is 1.24 bits per heavy atom. The van der Waals surface area contributed by atoms with Gasteiger partial charge >= 0.3 is 0 Å². The van der Waals surface area contributed by atoms with Crippen molar-refractivity contribution in [2.75, 3.05) is 26.8 Å². The molecule has 4 rings (SSSR count). The third-order valence-corrected chi connectivity index (χ3v) is 5.54. The van der Waals surface area contributed by atoms with Crippen LogP contribution < -0.4 is 9.47 Å². The fourth-order valence-corrected chi connectivity index (χ4v) is 3.86. The monoisotopic (exact) mass is 394 g/mol. The Labute approximate surface area is 170 Å². The second-order valence-electron chi connectivity index (χ2n) is 7.54. The van der Waals surface area contributed by atoms with E-state index in [2.05, 4.69) is 10.1 Å². The molecule has 1 aromatic carbocycles. The zero-order valence-corrected chi connectivity index (χ0v) is 17.1. The zero-order chi connectivity index (χ0) is 20.4. The number of carbonyl (C=O) groups is 1. The molecule has 1 saturated heterocycles. The fourth-order valence-electron chi connectivity index (χ4n) is 3.86. The van der Waals surface area contributed by atoms with Gasteiger partial charge in [-0.05, 0) is 49.9 Å². The first-order valence-electron chi connectivity index (χ1n) is 9.91. The number of carbonyl (C=O) groups excluding carboxylic acids is 1. The molecule has 3 heterocycles. The summed E-state index contributed by atoms with van der Waals surface area (Å²) in [6.07, 6.45) is 3.60. The molecule has 3 aromatic rings. The molecular formula is C22H26N4O3. The van der Waals surface area contributed by atoms with Crippen molar-refractivity contribution < 1.29 is 14.3 Å². The molecule has 0 radical (unpaired) electrons. The number of hydrogen-bond donors (Lipinski definition) is 0. The molecular weight excluding hydrogens is 368 g/mol. The van der Waals surface area contributed by atoms with Crippen LogP contribution in [0.25, 0.3) is 10.9 Å². The molecule has 0 spiro atoms. The first kappa shape index (κ1) is 19.2. The highest BCUT2D eigenvalue weighted by atomic mass is 16.5. The van der Waals surface area contributed by atoms with E-state index in [1.807, 2.05) is 49.2 Å². The van der Waals surface area contributed by atoms with Gasteiger partial charge < -0.3 is 14.4 Å².